The minimum atomic E-state index is -0.0599. The minimum absolute atomic E-state index is 0.0562. The molecule has 0 aliphatic heterocycles. The number of phenols is 1. The Kier molecular flexibility index (Phi) is 8.35. The lowest BCUT2D eigenvalue weighted by Gasteiger charge is -2.23. The average Bonchev–Trinajstić information content (AvgIpc) is 3.59. The van der Waals surface area contributed by atoms with E-state index in [-0.39, 0.29) is 16.6 Å². The molecular weight excluding hydrogens is 685 g/mol. The van der Waals surface area contributed by atoms with Crippen LogP contribution in [0.5, 0.6) is 5.75 Å². The molecule has 9 rings (SSSR count). The number of phenolic OH excluding ortho intramolecular Hbond substituents is 1. The molecule has 0 spiro atoms. The van der Waals surface area contributed by atoms with Crippen molar-refractivity contribution < 1.29 is 5.11 Å². The van der Waals surface area contributed by atoms with Crippen molar-refractivity contribution in [2.75, 3.05) is 0 Å². The fourth-order valence-electron chi connectivity index (χ4n) is 7.80. The van der Waals surface area contributed by atoms with Gasteiger partial charge in [0.25, 0.3) is 0 Å². The normalized spacial score (nSPS) is 12.2. The summed E-state index contributed by atoms with van der Waals surface area (Å²) in [7, 11) is 0. The maximum Gasteiger partial charge on any atom is 0.147 e. The van der Waals surface area contributed by atoms with E-state index in [0.717, 1.165) is 83.2 Å². The summed E-state index contributed by atoms with van der Waals surface area (Å²) >= 11 is 0. The second-order valence-corrected chi connectivity index (χ2v) is 16.8. The highest BCUT2D eigenvalue weighted by Gasteiger charge is 2.24. The van der Waals surface area contributed by atoms with Crippen LogP contribution in [0.2, 0.25) is 0 Å². The summed E-state index contributed by atoms with van der Waals surface area (Å²) in [6, 6.07) is 46.5. The van der Waals surface area contributed by atoms with Crippen molar-refractivity contribution in [1.82, 2.24) is 19.5 Å². The highest BCUT2D eigenvalue weighted by Crippen LogP contribution is 2.43. The van der Waals surface area contributed by atoms with Crippen molar-refractivity contribution >= 4 is 32.7 Å². The van der Waals surface area contributed by atoms with E-state index < -0.39 is 0 Å². The zero-order valence-corrected chi connectivity index (χ0v) is 32.7. The third kappa shape index (κ3) is 6.19. The molecule has 0 amide bonds. The van der Waals surface area contributed by atoms with E-state index in [0.29, 0.717) is 0 Å². The lowest BCUT2D eigenvalue weighted by atomic mass is 9.84. The molecule has 0 fully saturated rings. The number of nitrogens with zero attached hydrogens (tertiary/aromatic N) is 4. The van der Waals surface area contributed by atoms with Crippen LogP contribution in [0.3, 0.4) is 0 Å². The Hall–Kier alpha value is -6.59. The molecule has 6 aromatic carbocycles. The van der Waals surface area contributed by atoms with E-state index in [1.54, 1.807) is 0 Å². The molecule has 3 heterocycles. The highest BCUT2D eigenvalue weighted by atomic mass is 16.3. The SMILES string of the molecule is CC(C)(C)c1ccc(-n2c(-c3cncc(-c4cc(C(C)(C)C)cc5cccnc45)c3)nc3c(-c4cc5ccccc5cc4O)cccc32)c(-c2ccccc2)c1. The number of rotatable bonds is 5. The molecule has 3 aromatic heterocycles. The van der Waals surface area contributed by atoms with Gasteiger partial charge in [0.1, 0.15) is 11.6 Å². The molecule has 0 saturated heterocycles. The van der Waals surface area contributed by atoms with Gasteiger partial charge in [0.2, 0.25) is 0 Å². The van der Waals surface area contributed by atoms with Crippen molar-refractivity contribution in [3.63, 3.8) is 0 Å². The first kappa shape index (κ1) is 35.1. The fraction of sp³-hybridized carbons (Fsp3) is 0.157. The van der Waals surface area contributed by atoms with Gasteiger partial charge >= 0.3 is 0 Å². The molecule has 5 nitrogen and oxygen atoms in total. The second kappa shape index (κ2) is 13.3. The van der Waals surface area contributed by atoms with E-state index in [9.17, 15) is 5.11 Å². The van der Waals surface area contributed by atoms with Crippen LogP contribution in [-0.2, 0) is 10.8 Å². The third-order valence-electron chi connectivity index (χ3n) is 10.9. The van der Waals surface area contributed by atoms with Gasteiger partial charge in [-0.1, -0.05) is 120 Å². The molecule has 5 heteroatoms. The lowest BCUT2D eigenvalue weighted by Crippen LogP contribution is -2.12. The zero-order valence-electron chi connectivity index (χ0n) is 32.7. The number of benzene rings is 6. The summed E-state index contributed by atoms with van der Waals surface area (Å²) in [4.78, 5) is 15.2. The van der Waals surface area contributed by atoms with Gasteiger partial charge in [-0.05, 0) is 92.9 Å². The first-order chi connectivity index (χ1) is 26.9. The average molecular weight is 729 g/mol. The first-order valence-electron chi connectivity index (χ1n) is 19.2. The van der Waals surface area contributed by atoms with Crippen molar-refractivity contribution in [3.05, 3.63) is 163 Å². The molecular formula is C51H44N4O. The maximum absolute atomic E-state index is 11.5. The molecule has 0 bridgehead atoms. The number of fused-ring (bicyclic) bond motifs is 3. The number of pyridine rings is 2. The summed E-state index contributed by atoms with van der Waals surface area (Å²) in [6.07, 6.45) is 5.69. The van der Waals surface area contributed by atoms with E-state index in [4.69, 9.17) is 15.0 Å². The Bertz CT molecular complexity index is 2950. The fourth-order valence-corrected chi connectivity index (χ4v) is 7.80. The van der Waals surface area contributed by atoms with Crippen LogP contribution < -0.4 is 0 Å². The quantitative estimate of drug-likeness (QED) is 0.192. The summed E-state index contributed by atoms with van der Waals surface area (Å²) in [5, 5.41) is 14.6. The number of para-hydroxylation sites is 1. The molecule has 274 valence electrons. The van der Waals surface area contributed by atoms with E-state index in [1.165, 1.54) is 11.1 Å². The standard InChI is InChI=1S/C51H44N4O/c1-50(2,3)38-21-22-44(41(28-38)32-14-8-7-9-15-32)55-45-20-12-19-40(43-26-33-16-10-11-17-34(33)27-46(43)56)48(45)54-49(55)37-24-36(30-52-31-37)42-29-39(51(4,5)6)25-35-18-13-23-53-47(35)42/h7-31,56H,1-6H3. The Morgan fingerprint density at radius 3 is 1.96 bits per heavy atom. The van der Waals surface area contributed by atoms with E-state index in [1.807, 2.05) is 48.9 Å². The second-order valence-electron chi connectivity index (χ2n) is 16.8. The Labute approximate surface area is 328 Å². The molecule has 0 radical (unpaired) electrons. The van der Waals surface area contributed by atoms with Crippen molar-refractivity contribution in [2.45, 2.75) is 52.4 Å². The maximum atomic E-state index is 11.5. The van der Waals surface area contributed by atoms with Gasteiger partial charge in [-0.2, -0.15) is 0 Å². The number of hydrogen-bond acceptors (Lipinski definition) is 4. The number of aromatic hydroxyl groups is 1. The van der Waals surface area contributed by atoms with Crippen molar-refractivity contribution in [3.8, 4) is 56.2 Å². The van der Waals surface area contributed by atoms with Gasteiger partial charge < -0.3 is 5.11 Å². The predicted molar refractivity (Wildman–Crippen MR) is 232 cm³/mol. The Morgan fingerprint density at radius 1 is 0.500 bits per heavy atom. The van der Waals surface area contributed by atoms with Crippen LogP contribution >= 0.6 is 0 Å². The third-order valence-corrected chi connectivity index (χ3v) is 10.9. The molecule has 0 unspecified atom stereocenters. The zero-order chi connectivity index (χ0) is 38.8. The molecule has 0 saturated carbocycles. The van der Waals surface area contributed by atoms with E-state index in [2.05, 4.69) is 149 Å². The predicted octanol–water partition coefficient (Wildman–Crippen LogP) is 13.1. The monoisotopic (exact) mass is 728 g/mol. The summed E-state index contributed by atoms with van der Waals surface area (Å²) in [6.45, 7) is 13.5. The van der Waals surface area contributed by atoms with Crippen molar-refractivity contribution in [1.29, 1.82) is 0 Å². The molecule has 1 N–H and O–H groups in total. The van der Waals surface area contributed by atoms with Crippen LogP contribution in [0.15, 0.2) is 152 Å². The molecule has 9 aromatic rings. The van der Waals surface area contributed by atoms with Gasteiger partial charge in [-0.3, -0.25) is 14.5 Å². The minimum Gasteiger partial charge on any atom is -0.507 e. The summed E-state index contributed by atoms with van der Waals surface area (Å²) in [5.74, 6) is 0.973. The van der Waals surface area contributed by atoms with Crippen LogP contribution in [0.1, 0.15) is 52.7 Å². The van der Waals surface area contributed by atoms with Crippen LogP contribution in [0.4, 0.5) is 0 Å². The Balaban J connectivity index is 1.35. The van der Waals surface area contributed by atoms with Gasteiger partial charge in [0, 0.05) is 57.4 Å². The lowest BCUT2D eigenvalue weighted by molar-refractivity contribution is 0.478. The summed E-state index contributed by atoms with van der Waals surface area (Å²) < 4.78 is 2.27. The largest absolute Gasteiger partial charge is 0.507 e. The highest BCUT2D eigenvalue weighted by molar-refractivity contribution is 6.01. The summed E-state index contributed by atoms with van der Waals surface area (Å²) in [5.41, 5.74) is 12.7. The Morgan fingerprint density at radius 2 is 1.20 bits per heavy atom. The van der Waals surface area contributed by atoms with Crippen LogP contribution in [0, 0.1) is 0 Å². The molecule has 56 heavy (non-hydrogen) atoms. The number of hydrogen-bond donors (Lipinski definition) is 1. The molecule has 0 aliphatic rings. The van der Waals surface area contributed by atoms with E-state index >= 15 is 0 Å². The molecule has 0 aliphatic carbocycles. The van der Waals surface area contributed by atoms with Crippen molar-refractivity contribution in [2.24, 2.45) is 0 Å². The van der Waals surface area contributed by atoms with Gasteiger partial charge in [0.05, 0.1) is 22.2 Å². The van der Waals surface area contributed by atoms with Gasteiger partial charge in [-0.15, -0.1) is 0 Å². The van der Waals surface area contributed by atoms with Gasteiger partial charge in [-0.25, -0.2) is 4.98 Å². The number of aromatic nitrogens is 4. The molecule has 0 atom stereocenters. The first-order valence-corrected chi connectivity index (χ1v) is 19.2. The smallest absolute Gasteiger partial charge is 0.147 e. The van der Waals surface area contributed by atoms with Gasteiger partial charge in [0.15, 0.2) is 0 Å². The topological polar surface area (TPSA) is 63.8 Å². The van der Waals surface area contributed by atoms with Crippen LogP contribution in [0.25, 0.3) is 83.2 Å². The number of imidazole rings is 1. The van der Waals surface area contributed by atoms with Crippen LogP contribution in [-0.4, -0.2) is 24.6 Å².